The van der Waals surface area contributed by atoms with Crippen LogP contribution in [0.4, 0.5) is 18.9 Å². The Morgan fingerprint density at radius 2 is 1.82 bits per heavy atom. The van der Waals surface area contributed by atoms with Gasteiger partial charge in [-0.2, -0.15) is 13.2 Å². The maximum Gasteiger partial charge on any atom is 0.417 e. The third-order valence-corrected chi connectivity index (χ3v) is 2.35. The minimum atomic E-state index is -4.43. The molecular formula is C12H9F3N2. The summed E-state index contributed by atoms with van der Waals surface area (Å²) in [6, 6.07) is 6.87. The summed E-state index contributed by atoms with van der Waals surface area (Å²) in [6.45, 7) is 0. The highest BCUT2D eigenvalue weighted by atomic mass is 19.4. The number of pyridine rings is 1. The zero-order chi connectivity index (χ0) is 12.5. The molecule has 17 heavy (non-hydrogen) atoms. The van der Waals surface area contributed by atoms with Crippen molar-refractivity contribution in [1.29, 1.82) is 0 Å². The topological polar surface area (TPSA) is 38.9 Å². The van der Waals surface area contributed by atoms with Gasteiger partial charge < -0.3 is 5.73 Å². The molecule has 1 aromatic carbocycles. The summed E-state index contributed by atoms with van der Waals surface area (Å²) < 4.78 is 38.5. The minimum absolute atomic E-state index is 0.0203. The number of aromatic nitrogens is 1. The maximum atomic E-state index is 12.8. The fourth-order valence-corrected chi connectivity index (χ4v) is 1.64. The molecule has 0 radical (unpaired) electrons. The van der Waals surface area contributed by atoms with Crippen LogP contribution in [0.1, 0.15) is 5.56 Å². The lowest BCUT2D eigenvalue weighted by Crippen LogP contribution is -2.08. The van der Waals surface area contributed by atoms with E-state index in [4.69, 9.17) is 5.73 Å². The van der Waals surface area contributed by atoms with Crippen molar-refractivity contribution in [3.63, 3.8) is 0 Å². The first kappa shape index (κ1) is 11.4. The van der Waals surface area contributed by atoms with Gasteiger partial charge in [0.2, 0.25) is 0 Å². The second-order valence-corrected chi connectivity index (χ2v) is 3.51. The van der Waals surface area contributed by atoms with Gasteiger partial charge in [-0.05, 0) is 18.2 Å². The lowest BCUT2D eigenvalue weighted by atomic mass is 9.99. The van der Waals surface area contributed by atoms with E-state index >= 15 is 0 Å². The van der Waals surface area contributed by atoms with E-state index in [9.17, 15) is 13.2 Å². The molecule has 0 fully saturated rings. The number of hydrogen-bond acceptors (Lipinski definition) is 2. The molecule has 2 nitrogen and oxygen atoms in total. The van der Waals surface area contributed by atoms with Crippen molar-refractivity contribution in [2.45, 2.75) is 6.18 Å². The van der Waals surface area contributed by atoms with Gasteiger partial charge in [-0.25, -0.2) is 0 Å². The highest BCUT2D eigenvalue weighted by Gasteiger charge is 2.34. The summed E-state index contributed by atoms with van der Waals surface area (Å²) in [4.78, 5) is 3.80. The summed E-state index contributed by atoms with van der Waals surface area (Å²) in [7, 11) is 0. The molecule has 2 rings (SSSR count). The molecule has 1 heterocycles. The second-order valence-electron chi connectivity index (χ2n) is 3.51. The van der Waals surface area contributed by atoms with Gasteiger partial charge in [0.15, 0.2) is 0 Å². The number of nitrogens with two attached hydrogens (primary N) is 1. The largest absolute Gasteiger partial charge is 0.417 e. The van der Waals surface area contributed by atoms with Crippen molar-refractivity contribution in [3.05, 3.63) is 48.3 Å². The molecule has 2 N–H and O–H groups in total. The number of rotatable bonds is 1. The summed E-state index contributed by atoms with van der Waals surface area (Å²) in [6.07, 6.45) is -1.57. The van der Waals surface area contributed by atoms with Gasteiger partial charge in [-0.1, -0.05) is 12.1 Å². The van der Waals surface area contributed by atoms with Crippen molar-refractivity contribution in [2.75, 3.05) is 5.73 Å². The second kappa shape index (κ2) is 4.08. The number of benzene rings is 1. The van der Waals surface area contributed by atoms with E-state index in [-0.39, 0.29) is 11.3 Å². The van der Waals surface area contributed by atoms with Crippen LogP contribution < -0.4 is 5.73 Å². The molecular weight excluding hydrogens is 229 g/mol. The number of alkyl halides is 3. The molecule has 0 spiro atoms. The van der Waals surface area contributed by atoms with Gasteiger partial charge in [0.25, 0.3) is 0 Å². The Morgan fingerprint density at radius 3 is 2.41 bits per heavy atom. The highest BCUT2D eigenvalue weighted by molar-refractivity contribution is 5.79. The van der Waals surface area contributed by atoms with Crippen molar-refractivity contribution in [3.8, 4) is 11.1 Å². The predicted molar refractivity (Wildman–Crippen MR) is 59.1 cm³/mol. The molecule has 0 aliphatic carbocycles. The molecule has 0 unspecified atom stereocenters. The van der Waals surface area contributed by atoms with Gasteiger partial charge in [-0.15, -0.1) is 0 Å². The number of nitrogen functional groups attached to an aromatic ring is 1. The maximum absolute atomic E-state index is 12.8. The molecule has 5 heteroatoms. The van der Waals surface area contributed by atoms with E-state index < -0.39 is 11.7 Å². The molecule has 0 aliphatic heterocycles. The molecule has 0 saturated carbocycles. The quantitative estimate of drug-likeness (QED) is 0.774. The van der Waals surface area contributed by atoms with E-state index in [1.54, 1.807) is 12.1 Å². The number of anilines is 1. The summed E-state index contributed by atoms with van der Waals surface area (Å²) >= 11 is 0. The van der Waals surface area contributed by atoms with Crippen molar-refractivity contribution in [2.24, 2.45) is 0 Å². The van der Waals surface area contributed by atoms with Crippen LogP contribution in [-0.2, 0) is 6.18 Å². The van der Waals surface area contributed by atoms with E-state index in [2.05, 4.69) is 4.98 Å². The average molecular weight is 238 g/mol. The fourth-order valence-electron chi connectivity index (χ4n) is 1.64. The molecule has 0 saturated heterocycles. The summed E-state index contributed by atoms with van der Waals surface area (Å²) in [5.41, 5.74) is 5.31. The molecule has 1 aromatic heterocycles. The van der Waals surface area contributed by atoms with Crippen LogP contribution >= 0.6 is 0 Å². The number of hydrogen-bond donors (Lipinski definition) is 1. The Balaban J connectivity index is 2.69. The van der Waals surface area contributed by atoms with Gasteiger partial charge in [0.1, 0.15) is 0 Å². The molecule has 0 amide bonds. The Hall–Kier alpha value is -2.04. The minimum Gasteiger partial charge on any atom is -0.398 e. The third-order valence-electron chi connectivity index (χ3n) is 2.35. The Kier molecular flexibility index (Phi) is 2.75. The average Bonchev–Trinajstić information content (AvgIpc) is 2.28. The van der Waals surface area contributed by atoms with Gasteiger partial charge >= 0.3 is 6.18 Å². The summed E-state index contributed by atoms with van der Waals surface area (Å²) in [5.74, 6) is 0. The first-order valence-electron chi connectivity index (χ1n) is 4.86. The first-order valence-corrected chi connectivity index (χ1v) is 4.86. The molecule has 88 valence electrons. The number of halogens is 3. The standard InChI is InChI=1S/C12H9F3N2/c13-12(14,15)9-4-1-5-10(16)11(9)8-3-2-6-17-7-8/h1-7H,16H2. The highest BCUT2D eigenvalue weighted by Crippen LogP contribution is 2.39. The zero-order valence-electron chi connectivity index (χ0n) is 8.70. The Bertz CT molecular complexity index is 521. The van der Waals surface area contributed by atoms with Crippen LogP contribution in [0.2, 0.25) is 0 Å². The molecule has 0 atom stereocenters. The number of nitrogens with zero attached hydrogens (tertiary/aromatic N) is 1. The van der Waals surface area contributed by atoms with Crippen molar-refractivity contribution in [1.82, 2.24) is 4.98 Å². The van der Waals surface area contributed by atoms with E-state index in [0.29, 0.717) is 5.56 Å². The van der Waals surface area contributed by atoms with E-state index in [1.165, 1.54) is 24.5 Å². The molecule has 0 bridgehead atoms. The van der Waals surface area contributed by atoms with Crippen LogP contribution in [-0.4, -0.2) is 4.98 Å². The SMILES string of the molecule is Nc1cccc(C(F)(F)F)c1-c1cccnc1. The van der Waals surface area contributed by atoms with Crippen LogP contribution in [0.15, 0.2) is 42.7 Å². The van der Waals surface area contributed by atoms with Crippen molar-refractivity contribution < 1.29 is 13.2 Å². The smallest absolute Gasteiger partial charge is 0.398 e. The molecule has 0 aliphatic rings. The van der Waals surface area contributed by atoms with E-state index in [1.807, 2.05) is 0 Å². The Morgan fingerprint density at radius 1 is 1.06 bits per heavy atom. The molecule has 2 aromatic rings. The zero-order valence-corrected chi connectivity index (χ0v) is 8.70. The summed E-state index contributed by atoms with van der Waals surface area (Å²) in [5, 5.41) is 0. The van der Waals surface area contributed by atoms with E-state index in [0.717, 1.165) is 6.07 Å². The first-order chi connectivity index (χ1) is 8.00. The lowest BCUT2D eigenvalue weighted by Gasteiger charge is -2.14. The Labute approximate surface area is 95.9 Å². The predicted octanol–water partition coefficient (Wildman–Crippen LogP) is 3.35. The lowest BCUT2D eigenvalue weighted by molar-refractivity contribution is -0.137. The third kappa shape index (κ3) is 2.22. The van der Waals surface area contributed by atoms with Crippen LogP contribution in [0.5, 0.6) is 0 Å². The van der Waals surface area contributed by atoms with Crippen LogP contribution in [0.3, 0.4) is 0 Å². The van der Waals surface area contributed by atoms with Crippen molar-refractivity contribution >= 4 is 5.69 Å². The fraction of sp³-hybridized carbons (Fsp3) is 0.0833. The van der Waals surface area contributed by atoms with Gasteiger partial charge in [0, 0.05) is 29.2 Å². The van der Waals surface area contributed by atoms with Gasteiger partial charge in [0.05, 0.1) is 5.56 Å². The normalized spacial score (nSPS) is 11.5. The van der Waals surface area contributed by atoms with Crippen LogP contribution in [0, 0.1) is 0 Å². The van der Waals surface area contributed by atoms with Crippen LogP contribution in [0.25, 0.3) is 11.1 Å². The monoisotopic (exact) mass is 238 g/mol. The van der Waals surface area contributed by atoms with Gasteiger partial charge in [-0.3, -0.25) is 4.98 Å².